The van der Waals surface area contributed by atoms with E-state index in [1.807, 2.05) is 0 Å². The Kier molecular flexibility index (Phi) is 4.84. The number of halogens is 4. The number of benzene rings is 1. The number of carbonyl (C=O) groups excluding carboxylic acids is 1. The van der Waals surface area contributed by atoms with Gasteiger partial charge in [-0.3, -0.25) is 0 Å². The second-order valence-corrected chi connectivity index (χ2v) is 8.86. The lowest BCUT2D eigenvalue weighted by atomic mass is 9.98. The first kappa shape index (κ1) is 20.7. The normalized spacial score (nSPS) is 14.9. The first-order chi connectivity index (χ1) is 13.9. The van der Waals surface area contributed by atoms with Gasteiger partial charge in [0.2, 0.25) is 0 Å². The van der Waals surface area contributed by atoms with E-state index in [2.05, 4.69) is 4.98 Å². The lowest BCUT2D eigenvalue weighted by molar-refractivity contribution is -0.137. The highest BCUT2D eigenvalue weighted by molar-refractivity contribution is 6.29. The lowest BCUT2D eigenvalue weighted by Crippen LogP contribution is -2.27. The fourth-order valence-corrected chi connectivity index (χ4v) is 3.58. The number of alkyl halides is 3. The van der Waals surface area contributed by atoms with Gasteiger partial charge in [0.1, 0.15) is 10.8 Å². The molecule has 0 spiro atoms. The number of fused-ring (bicyclic) bond motifs is 1. The van der Waals surface area contributed by atoms with Crippen molar-refractivity contribution < 1.29 is 22.7 Å². The molecule has 30 heavy (non-hydrogen) atoms. The Balaban J connectivity index is 2.00. The third-order valence-corrected chi connectivity index (χ3v) is 5.08. The minimum Gasteiger partial charge on any atom is -0.443 e. The molecule has 0 amide bonds. The van der Waals surface area contributed by atoms with Gasteiger partial charge in [0.25, 0.3) is 0 Å². The van der Waals surface area contributed by atoms with Crippen molar-refractivity contribution in [3.63, 3.8) is 0 Å². The topological polar surface area (TPSA) is 44.1 Å². The predicted octanol–water partition coefficient (Wildman–Crippen LogP) is 7.04. The van der Waals surface area contributed by atoms with E-state index in [0.717, 1.165) is 29.0 Å². The molecule has 3 aromatic rings. The van der Waals surface area contributed by atoms with Crippen molar-refractivity contribution in [1.82, 2.24) is 9.55 Å². The molecule has 1 aromatic carbocycles. The molecule has 0 bridgehead atoms. The molecule has 158 valence electrons. The maximum Gasteiger partial charge on any atom is 0.420 e. The summed E-state index contributed by atoms with van der Waals surface area (Å²) in [5.74, 6) is 0.248. The first-order valence-corrected chi connectivity index (χ1v) is 9.95. The fourth-order valence-electron chi connectivity index (χ4n) is 3.44. The maximum absolute atomic E-state index is 13.8. The summed E-state index contributed by atoms with van der Waals surface area (Å²) >= 11 is 6.01. The Morgan fingerprint density at radius 3 is 2.43 bits per heavy atom. The van der Waals surface area contributed by atoms with Crippen molar-refractivity contribution in [1.29, 1.82) is 0 Å². The van der Waals surface area contributed by atoms with Crippen LogP contribution >= 0.6 is 11.6 Å². The molecular weight excluding hydrogens is 417 g/mol. The number of nitrogens with zero attached hydrogens (tertiary/aromatic N) is 2. The molecule has 1 aliphatic rings. The lowest BCUT2D eigenvalue weighted by Gasteiger charge is -2.21. The second-order valence-electron chi connectivity index (χ2n) is 8.47. The summed E-state index contributed by atoms with van der Waals surface area (Å²) in [6.07, 6.45) is -3.52. The number of ether oxygens (including phenoxy) is 1. The van der Waals surface area contributed by atoms with Crippen molar-refractivity contribution >= 4 is 28.7 Å². The fraction of sp³-hybridized carbons (Fsp3) is 0.364. The summed E-state index contributed by atoms with van der Waals surface area (Å²) < 4.78 is 48.1. The van der Waals surface area contributed by atoms with Crippen LogP contribution in [0, 0.1) is 0 Å². The highest BCUT2D eigenvalue weighted by Crippen LogP contribution is 2.45. The van der Waals surface area contributed by atoms with Gasteiger partial charge in [0.05, 0.1) is 11.3 Å². The Morgan fingerprint density at radius 1 is 1.13 bits per heavy atom. The molecule has 1 aliphatic carbocycles. The van der Waals surface area contributed by atoms with Gasteiger partial charge < -0.3 is 4.74 Å². The van der Waals surface area contributed by atoms with Crippen LogP contribution in [0.1, 0.15) is 50.7 Å². The van der Waals surface area contributed by atoms with Crippen LogP contribution in [0.25, 0.3) is 22.3 Å². The standard InChI is InChI=1S/C22H20ClF3N2O2/c1-21(2,3)30-20(29)28-17(11-14-7-9-18(23)27-19(14)28)15-10-13(12-4-5-12)6-8-16(15)22(24,25)26/h6-12H,4-5H2,1-3H3. The Hall–Kier alpha value is -2.54. The van der Waals surface area contributed by atoms with Crippen LogP contribution in [0.4, 0.5) is 18.0 Å². The Morgan fingerprint density at radius 2 is 1.83 bits per heavy atom. The molecule has 0 aliphatic heterocycles. The summed E-state index contributed by atoms with van der Waals surface area (Å²) in [6, 6.07) is 8.78. The highest BCUT2D eigenvalue weighted by atomic mass is 35.5. The number of hydrogen-bond donors (Lipinski definition) is 0. The van der Waals surface area contributed by atoms with Crippen molar-refractivity contribution in [3.8, 4) is 11.3 Å². The number of aromatic nitrogens is 2. The monoisotopic (exact) mass is 436 g/mol. The molecule has 4 rings (SSSR count). The van der Waals surface area contributed by atoms with Crippen LogP contribution in [-0.2, 0) is 10.9 Å². The first-order valence-electron chi connectivity index (χ1n) is 9.57. The van der Waals surface area contributed by atoms with Crippen molar-refractivity contribution in [2.45, 2.75) is 51.3 Å². The molecule has 2 aromatic heterocycles. The summed E-state index contributed by atoms with van der Waals surface area (Å²) in [5.41, 5.74) is -0.685. The van der Waals surface area contributed by atoms with Gasteiger partial charge in [0.15, 0.2) is 5.65 Å². The molecule has 2 heterocycles. The van der Waals surface area contributed by atoms with Gasteiger partial charge in [-0.05, 0) is 75.4 Å². The average molecular weight is 437 g/mol. The summed E-state index contributed by atoms with van der Waals surface area (Å²) in [6.45, 7) is 5.06. The number of pyridine rings is 1. The molecule has 0 unspecified atom stereocenters. The zero-order chi connectivity index (χ0) is 21.8. The number of carbonyl (C=O) groups is 1. The van der Waals surface area contributed by atoms with Gasteiger partial charge in [-0.2, -0.15) is 13.2 Å². The molecule has 1 fully saturated rings. The van der Waals surface area contributed by atoms with Crippen molar-refractivity contribution in [3.05, 3.63) is 52.7 Å². The van der Waals surface area contributed by atoms with Crippen LogP contribution in [0.15, 0.2) is 36.4 Å². The zero-order valence-corrected chi connectivity index (χ0v) is 17.4. The second kappa shape index (κ2) is 7.01. The van der Waals surface area contributed by atoms with Crippen LogP contribution in [-0.4, -0.2) is 21.2 Å². The number of rotatable bonds is 2. The summed E-state index contributed by atoms with van der Waals surface area (Å²) in [7, 11) is 0. The van der Waals surface area contributed by atoms with Crippen molar-refractivity contribution in [2.24, 2.45) is 0 Å². The number of hydrogen-bond acceptors (Lipinski definition) is 3. The van der Waals surface area contributed by atoms with E-state index < -0.39 is 23.4 Å². The Bertz CT molecular complexity index is 1140. The van der Waals surface area contributed by atoms with Crippen LogP contribution in [0.2, 0.25) is 5.15 Å². The SMILES string of the molecule is CC(C)(C)OC(=O)n1c(-c2cc(C3CC3)ccc2C(F)(F)F)cc2ccc(Cl)nc21. The van der Waals surface area contributed by atoms with Gasteiger partial charge >= 0.3 is 12.3 Å². The minimum absolute atomic E-state index is 0.0730. The summed E-state index contributed by atoms with van der Waals surface area (Å²) in [4.78, 5) is 17.2. The van der Waals surface area contributed by atoms with Gasteiger partial charge in [-0.25, -0.2) is 14.3 Å². The zero-order valence-electron chi connectivity index (χ0n) is 16.7. The van der Waals surface area contributed by atoms with Gasteiger partial charge in [-0.15, -0.1) is 0 Å². The molecule has 0 radical (unpaired) electrons. The molecule has 8 heteroatoms. The van der Waals surface area contributed by atoms with E-state index in [0.29, 0.717) is 5.39 Å². The highest BCUT2D eigenvalue weighted by Gasteiger charge is 2.37. The molecule has 0 atom stereocenters. The van der Waals surface area contributed by atoms with E-state index >= 15 is 0 Å². The minimum atomic E-state index is -4.59. The van der Waals surface area contributed by atoms with E-state index in [4.69, 9.17) is 16.3 Å². The Labute approximate surface area is 176 Å². The van der Waals surface area contributed by atoms with Crippen LogP contribution in [0.3, 0.4) is 0 Å². The largest absolute Gasteiger partial charge is 0.443 e. The quantitative estimate of drug-likeness (QED) is 0.405. The predicted molar refractivity (Wildman–Crippen MR) is 109 cm³/mol. The average Bonchev–Trinajstić information content (AvgIpc) is 3.39. The maximum atomic E-state index is 13.8. The molecule has 4 nitrogen and oxygen atoms in total. The van der Waals surface area contributed by atoms with E-state index in [1.165, 1.54) is 24.3 Å². The molecule has 0 saturated heterocycles. The molecular formula is C22H20ClF3N2O2. The van der Waals surface area contributed by atoms with Gasteiger partial charge in [0, 0.05) is 10.9 Å². The van der Waals surface area contributed by atoms with Crippen LogP contribution < -0.4 is 0 Å². The molecule has 1 saturated carbocycles. The van der Waals surface area contributed by atoms with Crippen LogP contribution in [0.5, 0.6) is 0 Å². The van der Waals surface area contributed by atoms with Crippen molar-refractivity contribution in [2.75, 3.05) is 0 Å². The van der Waals surface area contributed by atoms with E-state index in [9.17, 15) is 18.0 Å². The third kappa shape index (κ3) is 4.03. The molecule has 0 N–H and O–H groups in total. The smallest absolute Gasteiger partial charge is 0.420 e. The summed E-state index contributed by atoms with van der Waals surface area (Å²) in [5, 5.41) is 0.616. The third-order valence-electron chi connectivity index (χ3n) is 4.87. The van der Waals surface area contributed by atoms with E-state index in [-0.39, 0.29) is 28.0 Å². The van der Waals surface area contributed by atoms with E-state index in [1.54, 1.807) is 26.8 Å². The van der Waals surface area contributed by atoms with Gasteiger partial charge in [-0.1, -0.05) is 17.7 Å².